The average Bonchev–Trinajstić information content (AvgIpc) is 2.41. The van der Waals surface area contributed by atoms with Gasteiger partial charge in [-0.15, -0.1) is 0 Å². The van der Waals surface area contributed by atoms with E-state index >= 15 is 0 Å². The zero-order valence-electron chi connectivity index (χ0n) is 12.4. The predicted molar refractivity (Wildman–Crippen MR) is 85.2 cm³/mol. The Labute approximate surface area is 121 Å². The second-order valence-corrected chi connectivity index (χ2v) is 6.10. The molecule has 2 aromatic rings. The van der Waals surface area contributed by atoms with Crippen molar-refractivity contribution >= 4 is 5.69 Å². The maximum Gasteiger partial charge on any atom is 0.0730 e. The van der Waals surface area contributed by atoms with E-state index in [9.17, 15) is 0 Å². The monoisotopic (exact) mass is 269 g/mol. The maximum atomic E-state index is 6.04. The molecule has 5 N–H and O–H groups in total. The van der Waals surface area contributed by atoms with Gasteiger partial charge in [0.2, 0.25) is 0 Å². The summed E-state index contributed by atoms with van der Waals surface area (Å²) in [5, 5.41) is 0. The quantitative estimate of drug-likeness (QED) is 0.456. The van der Waals surface area contributed by atoms with E-state index in [0.29, 0.717) is 0 Å². The normalized spacial score (nSPS) is 13.2. The molecule has 3 heteroatoms. The van der Waals surface area contributed by atoms with E-state index in [1.807, 2.05) is 24.3 Å². The van der Waals surface area contributed by atoms with Crippen molar-refractivity contribution in [1.82, 2.24) is 5.43 Å². The van der Waals surface area contributed by atoms with Crippen LogP contribution in [0, 0.1) is 0 Å². The number of para-hydroxylation sites is 1. The molecule has 1 atom stereocenters. The molecule has 2 aromatic carbocycles. The highest BCUT2D eigenvalue weighted by atomic mass is 15.2. The summed E-state index contributed by atoms with van der Waals surface area (Å²) in [6.45, 7) is 6.61. The molecule has 20 heavy (non-hydrogen) atoms. The minimum atomic E-state index is -0.0924. The van der Waals surface area contributed by atoms with Gasteiger partial charge in [0.1, 0.15) is 0 Å². The minimum Gasteiger partial charge on any atom is -0.398 e. The van der Waals surface area contributed by atoms with E-state index in [2.05, 4.69) is 50.5 Å². The van der Waals surface area contributed by atoms with Crippen molar-refractivity contribution in [3.05, 3.63) is 65.2 Å². The number of nitrogens with two attached hydrogens (primary N) is 2. The lowest BCUT2D eigenvalue weighted by molar-refractivity contribution is 0.588. The van der Waals surface area contributed by atoms with Gasteiger partial charge in [0.15, 0.2) is 0 Å². The number of rotatable bonds is 3. The van der Waals surface area contributed by atoms with Gasteiger partial charge in [-0.05, 0) is 28.2 Å². The fourth-order valence-corrected chi connectivity index (χ4v) is 2.31. The Bertz CT molecular complexity index is 568. The summed E-state index contributed by atoms with van der Waals surface area (Å²) in [6, 6.07) is 16.2. The van der Waals surface area contributed by atoms with Crippen molar-refractivity contribution in [2.45, 2.75) is 32.2 Å². The molecule has 0 saturated heterocycles. The summed E-state index contributed by atoms with van der Waals surface area (Å²) in [6.07, 6.45) is 0. The number of hydrogen-bond acceptors (Lipinski definition) is 3. The second kappa shape index (κ2) is 5.65. The predicted octanol–water partition coefficient (Wildman–Crippen LogP) is 3.12. The van der Waals surface area contributed by atoms with Crippen molar-refractivity contribution in [1.29, 1.82) is 0 Å². The SMILES string of the molecule is CC(C)(C)c1ccc(C(NN)c2ccccc2N)cc1. The molecule has 0 aliphatic heterocycles. The number of nitrogens with one attached hydrogen (secondary N) is 1. The maximum absolute atomic E-state index is 6.04. The zero-order chi connectivity index (χ0) is 14.8. The van der Waals surface area contributed by atoms with Crippen molar-refractivity contribution in [3.63, 3.8) is 0 Å². The van der Waals surface area contributed by atoms with Crippen LogP contribution in [0.3, 0.4) is 0 Å². The van der Waals surface area contributed by atoms with Gasteiger partial charge >= 0.3 is 0 Å². The first-order valence-electron chi connectivity index (χ1n) is 6.84. The van der Waals surface area contributed by atoms with E-state index in [4.69, 9.17) is 11.6 Å². The first-order valence-corrected chi connectivity index (χ1v) is 6.84. The van der Waals surface area contributed by atoms with Crippen LogP contribution < -0.4 is 17.0 Å². The molecule has 0 saturated carbocycles. The first-order chi connectivity index (χ1) is 9.43. The molecule has 2 rings (SSSR count). The standard InChI is InChI=1S/C17H23N3/c1-17(2,3)13-10-8-12(9-11-13)16(20-19)14-6-4-5-7-15(14)18/h4-11,16,20H,18-19H2,1-3H3. The molecule has 106 valence electrons. The van der Waals surface area contributed by atoms with Gasteiger partial charge in [0, 0.05) is 5.69 Å². The fourth-order valence-electron chi connectivity index (χ4n) is 2.31. The zero-order valence-corrected chi connectivity index (χ0v) is 12.4. The largest absolute Gasteiger partial charge is 0.398 e. The molecule has 0 fully saturated rings. The van der Waals surface area contributed by atoms with Gasteiger partial charge < -0.3 is 5.73 Å². The van der Waals surface area contributed by atoms with Crippen LogP contribution >= 0.6 is 0 Å². The smallest absolute Gasteiger partial charge is 0.0730 e. The number of hydrazine groups is 1. The van der Waals surface area contributed by atoms with Crippen LogP contribution in [0.15, 0.2) is 48.5 Å². The summed E-state index contributed by atoms with van der Waals surface area (Å²) in [4.78, 5) is 0. The van der Waals surface area contributed by atoms with Gasteiger partial charge in [-0.3, -0.25) is 5.84 Å². The topological polar surface area (TPSA) is 64.1 Å². The highest BCUT2D eigenvalue weighted by Gasteiger charge is 2.17. The molecule has 0 aromatic heterocycles. The number of nitrogen functional groups attached to an aromatic ring is 1. The van der Waals surface area contributed by atoms with Gasteiger partial charge in [-0.25, -0.2) is 5.43 Å². The molecule has 0 radical (unpaired) electrons. The Morgan fingerprint density at radius 2 is 1.55 bits per heavy atom. The number of hydrogen-bond donors (Lipinski definition) is 3. The second-order valence-electron chi connectivity index (χ2n) is 6.10. The number of anilines is 1. The highest BCUT2D eigenvalue weighted by molar-refractivity contribution is 5.51. The molecular formula is C17H23N3. The van der Waals surface area contributed by atoms with Crippen molar-refractivity contribution in [2.75, 3.05) is 5.73 Å². The van der Waals surface area contributed by atoms with Crippen LogP contribution in [-0.4, -0.2) is 0 Å². The van der Waals surface area contributed by atoms with Crippen LogP contribution in [0.25, 0.3) is 0 Å². The minimum absolute atomic E-state index is 0.0924. The Balaban J connectivity index is 2.36. The summed E-state index contributed by atoms with van der Waals surface area (Å²) in [7, 11) is 0. The van der Waals surface area contributed by atoms with Crippen LogP contribution in [0.4, 0.5) is 5.69 Å². The Kier molecular flexibility index (Phi) is 4.12. The van der Waals surface area contributed by atoms with Crippen LogP contribution in [0.5, 0.6) is 0 Å². The lowest BCUT2D eigenvalue weighted by Gasteiger charge is -2.22. The van der Waals surface area contributed by atoms with E-state index in [1.165, 1.54) is 5.56 Å². The molecule has 0 aliphatic carbocycles. The molecule has 0 spiro atoms. The number of benzene rings is 2. The third kappa shape index (κ3) is 3.00. The first kappa shape index (κ1) is 14.6. The fraction of sp³-hybridized carbons (Fsp3) is 0.294. The van der Waals surface area contributed by atoms with E-state index in [1.54, 1.807) is 0 Å². The molecule has 0 bridgehead atoms. The van der Waals surface area contributed by atoms with Gasteiger partial charge in [0.25, 0.3) is 0 Å². The van der Waals surface area contributed by atoms with Crippen LogP contribution in [0.1, 0.15) is 43.5 Å². The molecule has 0 aliphatic rings. The molecule has 0 amide bonds. The third-order valence-corrected chi connectivity index (χ3v) is 3.58. The Morgan fingerprint density at radius 1 is 0.950 bits per heavy atom. The highest BCUT2D eigenvalue weighted by Crippen LogP contribution is 2.28. The molecule has 3 nitrogen and oxygen atoms in total. The Hall–Kier alpha value is -1.84. The molecular weight excluding hydrogens is 246 g/mol. The summed E-state index contributed by atoms with van der Waals surface area (Å²) in [5.41, 5.74) is 13.2. The molecule has 0 heterocycles. The van der Waals surface area contributed by atoms with Crippen molar-refractivity contribution in [2.24, 2.45) is 5.84 Å². The van der Waals surface area contributed by atoms with Crippen LogP contribution in [-0.2, 0) is 5.41 Å². The Morgan fingerprint density at radius 3 is 2.05 bits per heavy atom. The van der Waals surface area contributed by atoms with E-state index < -0.39 is 0 Å². The molecule has 1 unspecified atom stereocenters. The van der Waals surface area contributed by atoms with E-state index in [-0.39, 0.29) is 11.5 Å². The van der Waals surface area contributed by atoms with Gasteiger partial charge in [0.05, 0.1) is 6.04 Å². The summed E-state index contributed by atoms with van der Waals surface area (Å²) in [5.74, 6) is 5.72. The van der Waals surface area contributed by atoms with Gasteiger partial charge in [-0.1, -0.05) is 63.2 Å². The summed E-state index contributed by atoms with van der Waals surface area (Å²) < 4.78 is 0. The van der Waals surface area contributed by atoms with Gasteiger partial charge in [-0.2, -0.15) is 0 Å². The van der Waals surface area contributed by atoms with E-state index in [0.717, 1.165) is 16.8 Å². The lowest BCUT2D eigenvalue weighted by Crippen LogP contribution is -2.29. The summed E-state index contributed by atoms with van der Waals surface area (Å²) >= 11 is 0. The third-order valence-electron chi connectivity index (χ3n) is 3.58. The lowest BCUT2D eigenvalue weighted by atomic mass is 9.85. The van der Waals surface area contributed by atoms with Crippen molar-refractivity contribution in [3.8, 4) is 0 Å². The van der Waals surface area contributed by atoms with Crippen LogP contribution in [0.2, 0.25) is 0 Å². The average molecular weight is 269 g/mol. The van der Waals surface area contributed by atoms with Crippen molar-refractivity contribution < 1.29 is 0 Å².